The number of halogens is 1. The Morgan fingerprint density at radius 2 is 2.00 bits per heavy atom. The number of nitrogens with zero attached hydrogens (tertiary/aromatic N) is 2. The van der Waals surface area contributed by atoms with E-state index in [2.05, 4.69) is 29.0 Å². The molecule has 1 aliphatic rings. The van der Waals surface area contributed by atoms with Crippen LogP contribution in [0.1, 0.15) is 32.8 Å². The minimum absolute atomic E-state index is 0.120. The molecule has 1 saturated heterocycles. The fourth-order valence-electron chi connectivity index (χ4n) is 3.31. The molecule has 1 amide bonds. The van der Waals surface area contributed by atoms with Gasteiger partial charge in [0.05, 0.1) is 18.7 Å². The summed E-state index contributed by atoms with van der Waals surface area (Å²) in [5.74, 6) is 0.978. The third-order valence-electron chi connectivity index (χ3n) is 5.18. The van der Waals surface area contributed by atoms with Gasteiger partial charge in [0.25, 0.3) is 0 Å². The van der Waals surface area contributed by atoms with Crippen molar-refractivity contribution >= 4 is 23.6 Å². The van der Waals surface area contributed by atoms with Crippen LogP contribution in [0.2, 0.25) is 5.02 Å². The van der Waals surface area contributed by atoms with E-state index in [1.807, 2.05) is 13.0 Å². The van der Waals surface area contributed by atoms with Gasteiger partial charge in [-0.15, -0.1) is 0 Å². The predicted molar refractivity (Wildman–Crippen MR) is 119 cm³/mol. The maximum atomic E-state index is 12.2. The van der Waals surface area contributed by atoms with Crippen LogP contribution in [0.3, 0.4) is 0 Å². The molecule has 1 aliphatic heterocycles. The molecule has 1 unspecified atom stereocenters. The monoisotopic (exact) mass is 423 g/mol. The Morgan fingerprint density at radius 3 is 2.62 bits per heavy atom. The van der Waals surface area contributed by atoms with Crippen LogP contribution in [0.25, 0.3) is 6.08 Å². The van der Waals surface area contributed by atoms with Crippen LogP contribution in [-0.2, 0) is 4.79 Å². The number of nitrogens with one attached hydrogen (secondary N) is 1. The highest BCUT2D eigenvalue weighted by Gasteiger charge is 2.20. The van der Waals surface area contributed by atoms with E-state index in [9.17, 15) is 4.79 Å². The molecular formula is C22H34ClN3O3. The SMILES string of the molecule is CCCOc1c(Cl)cc(/C=C/C(=O)NCC(C)N2CCN(CC)CC2)cc1OC. The molecule has 0 bridgehead atoms. The molecule has 0 aromatic heterocycles. The Morgan fingerprint density at radius 1 is 1.28 bits per heavy atom. The summed E-state index contributed by atoms with van der Waals surface area (Å²) in [6.45, 7) is 13.0. The average Bonchev–Trinajstić information content (AvgIpc) is 2.74. The third kappa shape index (κ3) is 7.21. The molecule has 29 heavy (non-hydrogen) atoms. The van der Waals surface area contributed by atoms with Crippen LogP contribution in [0.5, 0.6) is 11.5 Å². The Kier molecular flexibility index (Phi) is 9.78. The molecule has 1 fully saturated rings. The molecule has 6 nitrogen and oxygen atoms in total. The first kappa shape index (κ1) is 23.5. The molecule has 2 rings (SSSR count). The first-order valence-corrected chi connectivity index (χ1v) is 10.8. The second-order valence-electron chi connectivity index (χ2n) is 7.28. The maximum absolute atomic E-state index is 12.2. The zero-order valence-electron chi connectivity index (χ0n) is 18.0. The average molecular weight is 424 g/mol. The standard InChI is InChI=1S/C22H34ClN3O3/c1-5-13-29-22-19(23)14-18(15-20(22)28-4)7-8-21(27)24-16-17(3)26-11-9-25(6-2)10-12-26/h7-8,14-15,17H,5-6,9-13,16H2,1-4H3,(H,24,27)/b8-7+. The normalized spacial score (nSPS) is 16.7. The topological polar surface area (TPSA) is 54.0 Å². The summed E-state index contributed by atoms with van der Waals surface area (Å²) in [5.41, 5.74) is 0.787. The highest BCUT2D eigenvalue weighted by atomic mass is 35.5. The predicted octanol–water partition coefficient (Wildman–Crippen LogP) is 3.29. The van der Waals surface area contributed by atoms with Crippen molar-refractivity contribution in [3.05, 3.63) is 28.8 Å². The summed E-state index contributed by atoms with van der Waals surface area (Å²) in [5, 5.41) is 3.46. The first-order chi connectivity index (χ1) is 14.0. The minimum atomic E-state index is -0.120. The van der Waals surface area contributed by atoms with Crippen molar-refractivity contribution in [1.82, 2.24) is 15.1 Å². The quantitative estimate of drug-likeness (QED) is 0.585. The van der Waals surface area contributed by atoms with Crippen molar-refractivity contribution in [2.45, 2.75) is 33.2 Å². The van der Waals surface area contributed by atoms with E-state index in [1.165, 1.54) is 6.08 Å². The number of ether oxygens (including phenoxy) is 2. The second-order valence-corrected chi connectivity index (χ2v) is 7.69. The zero-order chi connectivity index (χ0) is 21.2. The van der Waals surface area contributed by atoms with Crippen molar-refractivity contribution in [1.29, 1.82) is 0 Å². The van der Waals surface area contributed by atoms with Crippen LogP contribution >= 0.6 is 11.6 Å². The van der Waals surface area contributed by atoms with Gasteiger partial charge in [0.15, 0.2) is 11.5 Å². The summed E-state index contributed by atoms with van der Waals surface area (Å²) in [4.78, 5) is 17.1. The minimum Gasteiger partial charge on any atom is -0.493 e. The maximum Gasteiger partial charge on any atom is 0.244 e. The fourth-order valence-corrected chi connectivity index (χ4v) is 3.58. The molecule has 0 aliphatic carbocycles. The van der Waals surface area contributed by atoms with Gasteiger partial charge < -0.3 is 19.7 Å². The molecule has 1 aromatic rings. The molecule has 1 atom stereocenters. The van der Waals surface area contributed by atoms with Crippen LogP contribution in [0.4, 0.5) is 0 Å². The highest BCUT2D eigenvalue weighted by Crippen LogP contribution is 2.36. The van der Waals surface area contributed by atoms with Gasteiger partial charge in [0.2, 0.25) is 5.91 Å². The molecule has 7 heteroatoms. The van der Waals surface area contributed by atoms with E-state index in [4.69, 9.17) is 21.1 Å². The molecule has 0 saturated carbocycles. The summed E-state index contributed by atoms with van der Waals surface area (Å²) in [6.07, 6.45) is 4.14. The van der Waals surface area contributed by atoms with Gasteiger partial charge in [0.1, 0.15) is 0 Å². The number of likely N-dealkylation sites (N-methyl/N-ethyl adjacent to an activating group) is 1. The summed E-state index contributed by atoms with van der Waals surface area (Å²) >= 11 is 6.33. The number of benzene rings is 1. The van der Waals surface area contributed by atoms with Gasteiger partial charge in [-0.2, -0.15) is 0 Å². The third-order valence-corrected chi connectivity index (χ3v) is 5.46. The number of carbonyl (C=O) groups is 1. The number of rotatable bonds is 10. The van der Waals surface area contributed by atoms with Gasteiger partial charge in [-0.05, 0) is 43.7 Å². The summed E-state index contributed by atoms with van der Waals surface area (Å²) < 4.78 is 11.0. The van der Waals surface area contributed by atoms with Gasteiger partial charge in [-0.1, -0.05) is 25.4 Å². The number of hydrogen-bond acceptors (Lipinski definition) is 5. The molecule has 0 radical (unpaired) electrons. The Balaban J connectivity index is 1.87. The fraction of sp³-hybridized carbons (Fsp3) is 0.591. The lowest BCUT2D eigenvalue weighted by Gasteiger charge is -2.37. The number of piperazine rings is 1. The lowest BCUT2D eigenvalue weighted by molar-refractivity contribution is -0.116. The first-order valence-electron chi connectivity index (χ1n) is 10.4. The van der Waals surface area contributed by atoms with Gasteiger partial charge in [0, 0.05) is 44.8 Å². The summed E-state index contributed by atoms with van der Waals surface area (Å²) in [7, 11) is 1.58. The van der Waals surface area contributed by atoms with Crippen molar-refractivity contribution in [2.75, 3.05) is 53.0 Å². The van der Waals surface area contributed by atoms with E-state index in [0.29, 0.717) is 35.7 Å². The Bertz CT molecular complexity index is 688. The van der Waals surface area contributed by atoms with E-state index >= 15 is 0 Å². The van der Waals surface area contributed by atoms with Crippen molar-refractivity contribution < 1.29 is 14.3 Å². The Labute approximate surface area is 179 Å². The Hall–Kier alpha value is -1.76. The van der Waals surface area contributed by atoms with Gasteiger partial charge in [-0.25, -0.2) is 0 Å². The van der Waals surface area contributed by atoms with Crippen LogP contribution < -0.4 is 14.8 Å². The van der Waals surface area contributed by atoms with Crippen LogP contribution in [-0.4, -0.2) is 74.7 Å². The van der Waals surface area contributed by atoms with E-state index < -0.39 is 0 Å². The smallest absolute Gasteiger partial charge is 0.244 e. The number of methoxy groups -OCH3 is 1. The van der Waals surface area contributed by atoms with E-state index in [0.717, 1.165) is 44.7 Å². The summed E-state index contributed by atoms with van der Waals surface area (Å²) in [6, 6.07) is 3.90. The van der Waals surface area contributed by atoms with Crippen molar-refractivity contribution in [3.63, 3.8) is 0 Å². The molecule has 1 heterocycles. The van der Waals surface area contributed by atoms with E-state index in [1.54, 1.807) is 19.3 Å². The highest BCUT2D eigenvalue weighted by molar-refractivity contribution is 6.32. The van der Waals surface area contributed by atoms with Crippen LogP contribution in [0, 0.1) is 0 Å². The molecule has 1 N–H and O–H groups in total. The second kappa shape index (κ2) is 12.1. The lowest BCUT2D eigenvalue weighted by atomic mass is 10.1. The number of hydrogen-bond donors (Lipinski definition) is 1. The van der Waals surface area contributed by atoms with Crippen molar-refractivity contribution in [2.24, 2.45) is 0 Å². The number of amides is 1. The number of carbonyl (C=O) groups excluding carboxylic acids is 1. The largest absolute Gasteiger partial charge is 0.493 e. The van der Waals surface area contributed by atoms with Crippen LogP contribution in [0.15, 0.2) is 18.2 Å². The molecule has 0 spiro atoms. The zero-order valence-corrected chi connectivity index (χ0v) is 18.8. The molecule has 1 aromatic carbocycles. The van der Waals surface area contributed by atoms with Gasteiger partial charge >= 0.3 is 0 Å². The molecular weight excluding hydrogens is 390 g/mol. The van der Waals surface area contributed by atoms with E-state index in [-0.39, 0.29) is 5.91 Å². The van der Waals surface area contributed by atoms with Gasteiger partial charge in [-0.3, -0.25) is 9.69 Å². The van der Waals surface area contributed by atoms with Crippen molar-refractivity contribution in [3.8, 4) is 11.5 Å². The lowest BCUT2D eigenvalue weighted by Crippen LogP contribution is -2.52. The molecule has 162 valence electrons.